The molecule has 10 heteroatoms. The maximum atomic E-state index is 11.7. The van der Waals surface area contributed by atoms with Gasteiger partial charge in [-0.15, -0.1) is 11.3 Å². The van der Waals surface area contributed by atoms with Crippen LogP contribution in [0.15, 0.2) is 15.9 Å². The van der Waals surface area contributed by atoms with E-state index in [9.17, 15) is 26.4 Å². The zero-order valence-electron chi connectivity index (χ0n) is 8.19. The number of hydrogen-bond acceptors (Lipinski definition) is 5. The summed E-state index contributed by atoms with van der Waals surface area (Å²) in [5.41, 5.74) is 0. The normalized spacial score (nSPS) is 12.4. The van der Waals surface area contributed by atoms with E-state index in [-0.39, 0.29) is 4.34 Å². The van der Waals surface area contributed by atoms with Crippen molar-refractivity contribution < 1.29 is 26.4 Å². The Balaban J connectivity index is 2.58. The molecule has 0 saturated heterocycles. The van der Waals surface area contributed by atoms with E-state index in [4.69, 9.17) is 0 Å². The van der Waals surface area contributed by atoms with E-state index in [1.54, 1.807) is 0 Å². The highest BCUT2D eigenvalue weighted by molar-refractivity contribution is 7.93. The second-order valence-corrected chi connectivity index (χ2v) is 6.01. The van der Waals surface area contributed by atoms with E-state index in [0.29, 0.717) is 0 Å². The first-order chi connectivity index (χ1) is 7.71. The highest BCUT2D eigenvalue weighted by Gasteiger charge is 2.29. The number of aromatic nitrogens is 1. The van der Waals surface area contributed by atoms with Crippen LogP contribution in [-0.2, 0) is 14.6 Å². The van der Waals surface area contributed by atoms with E-state index < -0.39 is 34.2 Å². The van der Waals surface area contributed by atoms with Gasteiger partial charge in [-0.05, 0) is 0 Å². The number of thiazole rings is 1. The zero-order valence-corrected chi connectivity index (χ0v) is 9.82. The second-order valence-electron chi connectivity index (χ2n) is 2.95. The van der Waals surface area contributed by atoms with Crippen molar-refractivity contribution in [2.24, 2.45) is 0 Å². The van der Waals surface area contributed by atoms with Gasteiger partial charge in [-0.1, -0.05) is 0 Å². The summed E-state index contributed by atoms with van der Waals surface area (Å²) < 4.78 is 57.8. The Labute approximate surface area is 98.6 Å². The molecule has 0 atom stereocenters. The maximum Gasteiger partial charge on any atom is 0.405 e. The van der Waals surface area contributed by atoms with Gasteiger partial charge in [0.1, 0.15) is 12.3 Å². The topological polar surface area (TPSA) is 76.1 Å². The Hall–Kier alpha value is -1.16. The highest BCUT2D eigenvalue weighted by Crippen LogP contribution is 2.14. The molecule has 0 bridgehead atoms. The predicted octanol–water partition coefficient (Wildman–Crippen LogP) is 0.595. The van der Waals surface area contributed by atoms with Crippen molar-refractivity contribution in [2.75, 3.05) is 12.3 Å². The number of nitrogens with zero attached hydrogens (tertiary/aromatic N) is 1. The van der Waals surface area contributed by atoms with Crippen molar-refractivity contribution in [3.63, 3.8) is 0 Å². The van der Waals surface area contributed by atoms with Gasteiger partial charge in [0.25, 0.3) is 0 Å². The molecule has 1 rings (SSSR count). The van der Waals surface area contributed by atoms with E-state index in [0.717, 1.165) is 11.3 Å². The first-order valence-electron chi connectivity index (χ1n) is 4.16. The van der Waals surface area contributed by atoms with Gasteiger partial charge in [-0.3, -0.25) is 4.79 Å². The Morgan fingerprint density at radius 2 is 2.12 bits per heavy atom. The van der Waals surface area contributed by atoms with E-state index >= 15 is 0 Å². The minimum absolute atomic E-state index is 0.292. The first kappa shape index (κ1) is 13.9. The lowest BCUT2D eigenvalue weighted by atomic mass is 10.6. The van der Waals surface area contributed by atoms with E-state index in [2.05, 4.69) is 4.98 Å². The monoisotopic (exact) mass is 288 g/mol. The molecule has 1 aromatic heterocycles. The van der Waals surface area contributed by atoms with Crippen molar-refractivity contribution in [2.45, 2.75) is 10.5 Å². The van der Waals surface area contributed by atoms with Crippen LogP contribution in [0.5, 0.6) is 0 Å². The molecule has 1 heterocycles. The van der Waals surface area contributed by atoms with Gasteiger partial charge in [0.15, 0.2) is 0 Å². The average molecular weight is 288 g/mol. The fourth-order valence-electron chi connectivity index (χ4n) is 0.848. The molecule has 1 amide bonds. The van der Waals surface area contributed by atoms with Crippen molar-refractivity contribution in [1.82, 2.24) is 10.3 Å². The van der Waals surface area contributed by atoms with Crippen LogP contribution in [0.3, 0.4) is 0 Å². The Kier molecular flexibility index (Phi) is 4.09. The fourth-order valence-corrected chi connectivity index (χ4v) is 2.93. The number of rotatable bonds is 4. The van der Waals surface area contributed by atoms with Gasteiger partial charge in [0.05, 0.1) is 0 Å². The third kappa shape index (κ3) is 4.69. The molecule has 17 heavy (non-hydrogen) atoms. The van der Waals surface area contributed by atoms with Crippen LogP contribution in [0, 0.1) is 0 Å². The van der Waals surface area contributed by atoms with Crippen LogP contribution in [0.1, 0.15) is 0 Å². The van der Waals surface area contributed by atoms with Gasteiger partial charge >= 0.3 is 6.18 Å². The molecular formula is C7H7F3N2O3S2. The molecule has 1 N–H and O–H groups in total. The lowest BCUT2D eigenvalue weighted by Crippen LogP contribution is -2.37. The summed E-state index contributed by atoms with van der Waals surface area (Å²) in [4.78, 5) is 14.5. The van der Waals surface area contributed by atoms with Gasteiger partial charge < -0.3 is 5.32 Å². The van der Waals surface area contributed by atoms with Gasteiger partial charge in [0.2, 0.25) is 20.1 Å². The average Bonchev–Trinajstić information content (AvgIpc) is 2.66. The summed E-state index contributed by atoms with van der Waals surface area (Å²) in [6.07, 6.45) is -3.34. The Bertz CT molecular complexity index is 481. The number of amides is 1. The molecule has 0 radical (unpaired) electrons. The van der Waals surface area contributed by atoms with Crippen LogP contribution in [-0.4, -0.2) is 37.8 Å². The molecule has 5 nitrogen and oxygen atoms in total. The van der Waals surface area contributed by atoms with Gasteiger partial charge in [-0.2, -0.15) is 13.2 Å². The van der Waals surface area contributed by atoms with Crippen molar-refractivity contribution >= 4 is 27.1 Å². The summed E-state index contributed by atoms with van der Waals surface area (Å²) in [7, 11) is -3.96. The largest absolute Gasteiger partial charge is 0.405 e. The van der Waals surface area contributed by atoms with Crippen LogP contribution in [0.4, 0.5) is 13.2 Å². The third-order valence-corrected chi connectivity index (χ3v) is 4.38. The minimum Gasteiger partial charge on any atom is -0.346 e. The van der Waals surface area contributed by atoms with Gasteiger partial charge in [0, 0.05) is 11.6 Å². The molecule has 0 aliphatic rings. The maximum absolute atomic E-state index is 11.7. The van der Waals surface area contributed by atoms with Crippen molar-refractivity contribution in [3.05, 3.63) is 11.6 Å². The van der Waals surface area contributed by atoms with Crippen molar-refractivity contribution in [3.8, 4) is 0 Å². The fraction of sp³-hybridized carbons (Fsp3) is 0.429. The summed E-state index contributed by atoms with van der Waals surface area (Å²) in [6.45, 7) is -1.56. The van der Waals surface area contributed by atoms with Crippen LogP contribution in [0.25, 0.3) is 0 Å². The van der Waals surface area contributed by atoms with Gasteiger partial charge in [-0.25, -0.2) is 13.4 Å². The summed E-state index contributed by atoms with van der Waals surface area (Å²) in [5.74, 6) is -2.26. The predicted molar refractivity (Wildman–Crippen MR) is 53.2 cm³/mol. The number of halogens is 3. The molecule has 0 aliphatic carbocycles. The smallest absolute Gasteiger partial charge is 0.346 e. The molecule has 1 aromatic rings. The number of carbonyl (C=O) groups excluding carboxylic acids is 1. The van der Waals surface area contributed by atoms with E-state index in [1.165, 1.54) is 16.9 Å². The molecule has 0 spiro atoms. The second kappa shape index (κ2) is 5.00. The van der Waals surface area contributed by atoms with Crippen LogP contribution < -0.4 is 5.32 Å². The number of carbonyl (C=O) groups is 1. The molecule has 0 saturated carbocycles. The van der Waals surface area contributed by atoms with Crippen LogP contribution >= 0.6 is 11.3 Å². The SMILES string of the molecule is O=C(CS(=O)(=O)c1nccs1)NCC(F)(F)F. The number of alkyl halides is 3. The Morgan fingerprint density at radius 1 is 1.47 bits per heavy atom. The lowest BCUT2D eigenvalue weighted by Gasteiger charge is -2.07. The number of hydrogen-bond donors (Lipinski definition) is 1. The third-order valence-electron chi connectivity index (χ3n) is 1.48. The minimum atomic E-state index is -4.57. The van der Waals surface area contributed by atoms with Crippen LogP contribution in [0.2, 0.25) is 0 Å². The standard InChI is InChI=1S/C7H7F3N2O3S2/c8-7(9,10)4-12-5(13)3-17(14,15)6-11-1-2-16-6/h1-2H,3-4H2,(H,12,13). The molecular weight excluding hydrogens is 281 g/mol. The summed E-state index contributed by atoms with van der Waals surface area (Å²) in [6, 6.07) is 0. The quantitative estimate of drug-likeness (QED) is 0.880. The molecule has 0 aromatic carbocycles. The molecule has 96 valence electrons. The highest BCUT2D eigenvalue weighted by atomic mass is 32.2. The summed E-state index contributed by atoms with van der Waals surface area (Å²) in [5, 5.41) is 2.86. The first-order valence-corrected chi connectivity index (χ1v) is 6.69. The zero-order chi connectivity index (χ0) is 13.1. The number of sulfone groups is 1. The van der Waals surface area contributed by atoms with Crippen molar-refractivity contribution in [1.29, 1.82) is 0 Å². The molecule has 0 unspecified atom stereocenters. The van der Waals surface area contributed by atoms with E-state index in [1.807, 2.05) is 0 Å². The molecule has 0 fully saturated rings. The lowest BCUT2D eigenvalue weighted by molar-refractivity contribution is -0.137. The Morgan fingerprint density at radius 3 is 2.59 bits per heavy atom. The number of nitrogens with one attached hydrogen (secondary N) is 1. The summed E-state index contributed by atoms with van der Waals surface area (Å²) >= 11 is 0.794. The molecule has 0 aliphatic heterocycles.